The standard InChI is InChI=1S/C19H25NO/c1-2-14-20-18(13-15-21)19(16-9-5-3-6-10-16)17-11-7-4-8-12-17/h3-12,18-21H,2,13-15H2,1H3. The van der Waals surface area contributed by atoms with Gasteiger partial charge in [0.05, 0.1) is 0 Å². The Bertz CT molecular complexity index is 458. The van der Waals surface area contributed by atoms with Crippen molar-refractivity contribution in [2.75, 3.05) is 13.2 Å². The fraction of sp³-hybridized carbons (Fsp3) is 0.368. The fourth-order valence-corrected chi connectivity index (χ4v) is 2.83. The average molecular weight is 283 g/mol. The summed E-state index contributed by atoms with van der Waals surface area (Å²) in [5.41, 5.74) is 2.59. The van der Waals surface area contributed by atoms with Crippen LogP contribution in [0.15, 0.2) is 60.7 Å². The van der Waals surface area contributed by atoms with Gasteiger partial charge in [0.25, 0.3) is 0 Å². The highest BCUT2D eigenvalue weighted by Crippen LogP contribution is 2.29. The summed E-state index contributed by atoms with van der Waals surface area (Å²) in [4.78, 5) is 0. The second-order valence-electron chi connectivity index (χ2n) is 5.37. The summed E-state index contributed by atoms with van der Waals surface area (Å²) in [6, 6.07) is 21.4. The minimum atomic E-state index is 0.206. The van der Waals surface area contributed by atoms with Crippen molar-refractivity contribution in [2.24, 2.45) is 0 Å². The molecule has 0 heterocycles. The highest BCUT2D eigenvalue weighted by atomic mass is 16.3. The molecule has 21 heavy (non-hydrogen) atoms. The van der Waals surface area contributed by atoms with Gasteiger partial charge in [0, 0.05) is 18.6 Å². The zero-order valence-electron chi connectivity index (χ0n) is 12.7. The number of aliphatic hydroxyl groups is 1. The first kappa shape index (κ1) is 15.7. The smallest absolute Gasteiger partial charge is 0.0446 e. The molecule has 0 bridgehead atoms. The number of benzene rings is 2. The van der Waals surface area contributed by atoms with Gasteiger partial charge >= 0.3 is 0 Å². The number of rotatable bonds is 8. The molecule has 1 unspecified atom stereocenters. The van der Waals surface area contributed by atoms with Gasteiger partial charge in [0.1, 0.15) is 0 Å². The zero-order valence-corrected chi connectivity index (χ0v) is 12.7. The lowest BCUT2D eigenvalue weighted by Gasteiger charge is -2.29. The highest BCUT2D eigenvalue weighted by Gasteiger charge is 2.23. The third-order valence-electron chi connectivity index (χ3n) is 3.82. The first-order valence-corrected chi connectivity index (χ1v) is 7.81. The Balaban J connectivity index is 2.34. The van der Waals surface area contributed by atoms with E-state index in [4.69, 9.17) is 0 Å². The van der Waals surface area contributed by atoms with Crippen molar-refractivity contribution in [1.29, 1.82) is 0 Å². The van der Waals surface area contributed by atoms with Crippen LogP contribution in [-0.2, 0) is 0 Å². The molecule has 0 aliphatic carbocycles. The maximum Gasteiger partial charge on any atom is 0.0446 e. The predicted molar refractivity (Wildman–Crippen MR) is 88.5 cm³/mol. The van der Waals surface area contributed by atoms with Crippen molar-refractivity contribution < 1.29 is 5.11 Å². The molecule has 0 aliphatic heterocycles. The van der Waals surface area contributed by atoms with Gasteiger partial charge in [-0.05, 0) is 30.5 Å². The fourth-order valence-electron chi connectivity index (χ4n) is 2.83. The molecule has 0 radical (unpaired) electrons. The Morgan fingerprint density at radius 1 is 0.905 bits per heavy atom. The number of aliphatic hydroxyl groups excluding tert-OH is 1. The van der Waals surface area contributed by atoms with E-state index >= 15 is 0 Å². The van der Waals surface area contributed by atoms with Crippen LogP contribution in [0.2, 0.25) is 0 Å². The molecule has 112 valence electrons. The summed E-state index contributed by atoms with van der Waals surface area (Å²) in [6.07, 6.45) is 1.85. The van der Waals surface area contributed by atoms with E-state index in [9.17, 15) is 5.11 Å². The lowest BCUT2D eigenvalue weighted by Crippen LogP contribution is -2.36. The molecule has 2 aromatic carbocycles. The van der Waals surface area contributed by atoms with Crippen LogP contribution in [0.5, 0.6) is 0 Å². The van der Waals surface area contributed by atoms with Gasteiger partial charge in [-0.25, -0.2) is 0 Å². The van der Waals surface area contributed by atoms with E-state index in [1.165, 1.54) is 11.1 Å². The van der Waals surface area contributed by atoms with Gasteiger partial charge < -0.3 is 10.4 Å². The Labute approximate surface area is 127 Å². The maximum absolute atomic E-state index is 9.44. The van der Waals surface area contributed by atoms with Crippen molar-refractivity contribution >= 4 is 0 Å². The van der Waals surface area contributed by atoms with E-state index in [1.807, 2.05) is 12.1 Å². The van der Waals surface area contributed by atoms with Crippen molar-refractivity contribution in [3.63, 3.8) is 0 Å². The molecule has 2 N–H and O–H groups in total. The van der Waals surface area contributed by atoms with Crippen LogP contribution in [0.1, 0.15) is 36.8 Å². The summed E-state index contributed by atoms with van der Waals surface area (Å²) >= 11 is 0. The molecule has 2 rings (SSSR count). The molecular weight excluding hydrogens is 258 g/mol. The number of nitrogens with one attached hydrogen (secondary N) is 1. The summed E-state index contributed by atoms with van der Waals surface area (Å²) in [5, 5.41) is 13.0. The molecule has 2 heteroatoms. The lowest BCUT2D eigenvalue weighted by atomic mass is 9.83. The zero-order chi connectivity index (χ0) is 14.9. The Morgan fingerprint density at radius 3 is 1.86 bits per heavy atom. The van der Waals surface area contributed by atoms with Gasteiger partial charge in [-0.2, -0.15) is 0 Å². The van der Waals surface area contributed by atoms with Crippen LogP contribution in [0.25, 0.3) is 0 Å². The van der Waals surface area contributed by atoms with Gasteiger partial charge in [-0.3, -0.25) is 0 Å². The third kappa shape index (κ3) is 4.42. The second kappa shape index (κ2) is 8.60. The second-order valence-corrected chi connectivity index (χ2v) is 5.37. The quantitative estimate of drug-likeness (QED) is 0.776. The number of hydrogen-bond acceptors (Lipinski definition) is 2. The molecule has 2 aromatic rings. The molecule has 0 aliphatic rings. The van der Waals surface area contributed by atoms with Crippen LogP contribution in [-0.4, -0.2) is 24.3 Å². The molecular formula is C19H25NO. The van der Waals surface area contributed by atoms with E-state index < -0.39 is 0 Å². The van der Waals surface area contributed by atoms with E-state index in [1.54, 1.807) is 0 Å². The molecule has 0 saturated heterocycles. The van der Waals surface area contributed by atoms with Crippen LogP contribution in [0.3, 0.4) is 0 Å². The molecule has 1 atom stereocenters. The predicted octanol–water partition coefficient (Wildman–Crippen LogP) is 3.57. The summed E-state index contributed by atoms with van der Waals surface area (Å²) < 4.78 is 0. The normalized spacial score (nSPS) is 12.5. The van der Waals surface area contributed by atoms with Crippen LogP contribution >= 0.6 is 0 Å². The minimum absolute atomic E-state index is 0.206. The minimum Gasteiger partial charge on any atom is -0.396 e. The molecule has 0 spiro atoms. The van der Waals surface area contributed by atoms with Crippen molar-refractivity contribution in [3.8, 4) is 0 Å². The number of hydrogen-bond donors (Lipinski definition) is 2. The van der Waals surface area contributed by atoms with Crippen LogP contribution < -0.4 is 5.32 Å². The van der Waals surface area contributed by atoms with E-state index in [-0.39, 0.29) is 18.6 Å². The van der Waals surface area contributed by atoms with Gasteiger partial charge in [0.2, 0.25) is 0 Å². The van der Waals surface area contributed by atoms with Gasteiger partial charge in [-0.15, -0.1) is 0 Å². The molecule has 0 aromatic heterocycles. The first-order valence-electron chi connectivity index (χ1n) is 7.81. The Kier molecular flexibility index (Phi) is 6.45. The summed E-state index contributed by atoms with van der Waals surface area (Å²) in [6.45, 7) is 3.35. The summed E-state index contributed by atoms with van der Waals surface area (Å²) in [5.74, 6) is 0.270. The largest absolute Gasteiger partial charge is 0.396 e. The molecule has 0 saturated carbocycles. The summed E-state index contributed by atoms with van der Waals surface area (Å²) in [7, 11) is 0. The SMILES string of the molecule is CCCNC(CCO)C(c1ccccc1)c1ccccc1. The maximum atomic E-state index is 9.44. The topological polar surface area (TPSA) is 32.3 Å². The highest BCUT2D eigenvalue weighted by molar-refractivity contribution is 5.34. The molecule has 0 fully saturated rings. The Hall–Kier alpha value is -1.64. The average Bonchev–Trinajstić information content (AvgIpc) is 2.55. The third-order valence-corrected chi connectivity index (χ3v) is 3.82. The Morgan fingerprint density at radius 2 is 1.43 bits per heavy atom. The first-order chi connectivity index (χ1) is 10.4. The van der Waals surface area contributed by atoms with Crippen molar-refractivity contribution in [1.82, 2.24) is 5.32 Å². The van der Waals surface area contributed by atoms with E-state index in [2.05, 4.69) is 60.8 Å². The van der Waals surface area contributed by atoms with Crippen LogP contribution in [0.4, 0.5) is 0 Å². The van der Waals surface area contributed by atoms with Gasteiger partial charge in [-0.1, -0.05) is 67.6 Å². The van der Waals surface area contributed by atoms with Crippen LogP contribution in [0, 0.1) is 0 Å². The van der Waals surface area contributed by atoms with E-state index in [0.717, 1.165) is 19.4 Å². The van der Waals surface area contributed by atoms with Gasteiger partial charge in [0.15, 0.2) is 0 Å². The van der Waals surface area contributed by atoms with E-state index in [0.29, 0.717) is 0 Å². The van der Waals surface area contributed by atoms with Crippen molar-refractivity contribution in [2.45, 2.75) is 31.7 Å². The lowest BCUT2D eigenvalue weighted by molar-refractivity contribution is 0.258. The molecule has 2 nitrogen and oxygen atoms in total. The molecule has 0 amide bonds. The monoisotopic (exact) mass is 283 g/mol. The van der Waals surface area contributed by atoms with Crippen molar-refractivity contribution in [3.05, 3.63) is 71.8 Å².